The van der Waals surface area contributed by atoms with E-state index < -0.39 is 0 Å². The molecule has 1 aliphatic rings. The number of rotatable bonds is 5. The summed E-state index contributed by atoms with van der Waals surface area (Å²) in [6, 6.07) is 8.97. The molecule has 3 aromatic rings. The van der Waals surface area contributed by atoms with E-state index in [9.17, 15) is 4.79 Å². The minimum Gasteiger partial charge on any atom is -0.378 e. The summed E-state index contributed by atoms with van der Waals surface area (Å²) in [4.78, 5) is 27.5. The Bertz CT molecular complexity index is 975. The van der Waals surface area contributed by atoms with Crippen LogP contribution < -0.4 is 15.5 Å². The van der Waals surface area contributed by atoms with Crippen LogP contribution >= 0.6 is 11.6 Å². The minimum absolute atomic E-state index is 0.233. The lowest BCUT2D eigenvalue weighted by molar-refractivity contribution is 0.102. The van der Waals surface area contributed by atoms with Crippen molar-refractivity contribution in [2.45, 2.75) is 0 Å². The lowest BCUT2D eigenvalue weighted by Gasteiger charge is -2.27. The summed E-state index contributed by atoms with van der Waals surface area (Å²) in [7, 11) is 0. The Labute approximate surface area is 172 Å². The molecule has 3 heterocycles. The smallest absolute Gasteiger partial charge is 0.275 e. The van der Waals surface area contributed by atoms with Gasteiger partial charge in [0.1, 0.15) is 11.5 Å². The molecule has 1 fully saturated rings. The van der Waals surface area contributed by atoms with E-state index in [4.69, 9.17) is 16.3 Å². The highest BCUT2D eigenvalue weighted by molar-refractivity contribution is 6.30. The maximum absolute atomic E-state index is 12.6. The molecule has 0 bridgehead atoms. The second-order valence-electron chi connectivity index (χ2n) is 6.37. The molecule has 1 aliphatic heterocycles. The molecule has 0 aliphatic carbocycles. The Morgan fingerprint density at radius 1 is 1.00 bits per heavy atom. The normalized spacial score (nSPS) is 13.8. The van der Waals surface area contributed by atoms with Crippen molar-refractivity contribution in [1.29, 1.82) is 0 Å². The van der Waals surface area contributed by atoms with Gasteiger partial charge in [-0.25, -0.2) is 9.97 Å². The first-order chi connectivity index (χ1) is 14.2. The van der Waals surface area contributed by atoms with Crippen LogP contribution in [-0.4, -0.2) is 47.2 Å². The number of ether oxygens (including phenoxy) is 1. The zero-order chi connectivity index (χ0) is 20.1. The monoisotopic (exact) mass is 410 g/mol. The highest BCUT2D eigenvalue weighted by Gasteiger charge is 2.15. The van der Waals surface area contributed by atoms with Crippen LogP contribution in [-0.2, 0) is 4.74 Å². The Hall–Kier alpha value is -3.23. The van der Waals surface area contributed by atoms with Crippen LogP contribution in [0.4, 0.5) is 22.9 Å². The number of benzene rings is 1. The van der Waals surface area contributed by atoms with Crippen LogP contribution in [0.15, 0.2) is 55.1 Å². The minimum atomic E-state index is -0.351. The number of carbonyl (C=O) groups is 1. The first kappa shape index (κ1) is 19.1. The summed E-state index contributed by atoms with van der Waals surface area (Å²) in [5.74, 6) is 0.384. The lowest BCUT2D eigenvalue weighted by atomic mass is 10.2. The molecule has 0 spiro atoms. The van der Waals surface area contributed by atoms with Crippen molar-refractivity contribution < 1.29 is 9.53 Å². The molecule has 148 valence electrons. The Kier molecular flexibility index (Phi) is 5.83. The standard InChI is InChI=1S/C20H19ClN6O2/c21-14-1-3-15(4-2-14)25-17-11-22-6-5-16(17)26-20(28)18-12-24-19(13-23-18)27-7-9-29-10-8-27/h1-6,11-13,25H,7-10H2,(H,22,26,28). The molecule has 1 amide bonds. The van der Waals surface area contributed by atoms with Gasteiger partial charge in [-0.2, -0.15) is 0 Å². The van der Waals surface area contributed by atoms with Gasteiger partial charge in [0.2, 0.25) is 0 Å². The van der Waals surface area contributed by atoms with Crippen LogP contribution in [0.5, 0.6) is 0 Å². The Morgan fingerprint density at radius 2 is 1.79 bits per heavy atom. The number of carbonyl (C=O) groups excluding carboxylic acids is 1. The highest BCUT2D eigenvalue weighted by atomic mass is 35.5. The number of hydrogen-bond donors (Lipinski definition) is 2. The maximum atomic E-state index is 12.6. The topological polar surface area (TPSA) is 92.3 Å². The van der Waals surface area contributed by atoms with Gasteiger partial charge in [0, 0.05) is 30.0 Å². The van der Waals surface area contributed by atoms with E-state index in [0.717, 1.165) is 24.6 Å². The molecule has 0 radical (unpaired) electrons. The van der Waals surface area contributed by atoms with Crippen LogP contribution in [0.1, 0.15) is 10.5 Å². The second kappa shape index (κ2) is 8.85. The van der Waals surface area contributed by atoms with E-state index in [-0.39, 0.29) is 11.6 Å². The van der Waals surface area contributed by atoms with E-state index in [2.05, 4.69) is 30.5 Å². The van der Waals surface area contributed by atoms with Gasteiger partial charge in [-0.05, 0) is 30.3 Å². The fourth-order valence-electron chi connectivity index (χ4n) is 2.87. The Balaban J connectivity index is 1.46. The second-order valence-corrected chi connectivity index (χ2v) is 6.80. The van der Waals surface area contributed by atoms with Gasteiger partial charge < -0.3 is 20.3 Å². The summed E-state index contributed by atoms with van der Waals surface area (Å²) < 4.78 is 5.34. The molecule has 2 N–H and O–H groups in total. The van der Waals surface area contributed by atoms with E-state index in [0.29, 0.717) is 29.6 Å². The van der Waals surface area contributed by atoms with Gasteiger partial charge in [-0.15, -0.1) is 0 Å². The van der Waals surface area contributed by atoms with E-state index in [1.165, 1.54) is 6.20 Å². The fourth-order valence-corrected chi connectivity index (χ4v) is 3.00. The van der Waals surface area contributed by atoms with Gasteiger partial charge in [0.15, 0.2) is 0 Å². The third-order valence-electron chi connectivity index (χ3n) is 4.40. The molecule has 1 saturated heterocycles. The van der Waals surface area contributed by atoms with Crippen molar-refractivity contribution in [2.24, 2.45) is 0 Å². The predicted octanol–water partition coefficient (Wildman–Crippen LogP) is 3.36. The largest absolute Gasteiger partial charge is 0.378 e. The zero-order valence-electron chi connectivity index (χ0n) is 15.5. The van der Waals surface area contributed by atoms with Gasteiger partial charge in [-0.3, -0.25) is 9.78 Å². The van der Waals surface area contributed by atoms with Crippen molar-refractivity contribution in [3.05, 3.63) is 65.8 Å². The van der Waals surface area contributed by atoms with Crippen molar-refractivity contribution in [3.63, 3.8) is 0 Å². The number of pyridine rings is 1. The van der Waals surface area contributed by atoms with Crippen LogP contribution in [0, 0.1) is 0 Å². The number of aromatic nitrogens is 3. The Morgan fingerprint density at radius 3 is 2.52 bits per heavy atom. The average Bonchev–Trinajstić information content (AvgIpc) is 2.77. The number of anilines is 4. The summed E-state index contributed by atoms with van der Waals surface area (Å²) in [5.41, 5.74) is 2.30. The number of halogens is 1. The van der Waals surface area contributed by atoms with Gasteiger partial charge in [0.05, 0.1) is 43.2 Å². The van der Waals surface area contributed by atoms with Gasteiger partial charge in [0.25, 0.3) is 5.91 Å². The number of hydrogen-bond acceptors (Lipinski definition) is 7. The molecule has 8 nitrogen and oxygen atoms in total. The number of nitrogens with one attached hydrogen (secondary N) is 2. The summed E-state index contributed by atoms with van der Waals surface area (Å²) >= 11 is 5.92. The molecule has 29 heavy (non-hydrogen) atoms. The third-order valence-corrected chi connectivity index (χ3v) is 4.65. The fraction of sp³-hybridized carbons (Fsp3) is 0.200. The van der Waals surface area contributed by atoms with Crippen LogP contribution in [0.2, 0.25) is 5.02 Å². The van der Waals surface area contributed by atoms with Crippen molar-refractivity contribution in [3.8, 4) is 0 Å². The van der Waals surface area contributed by atoms with E-state index in [1.54, 1.807) is 36.8 Å². The molecule has 9 heteroatoms. The highest BCUT2D eigenvalue weighted by Crippen LogP contribution is 2.25. The predicted molar refractivity (Wildman–Crippen MR) is 112 cm³/mol. The van der Waals surface area contributed by atoms with Gasteiger partial charge in [-0.1, -0.05) is 11.6 Å². The third kappa shape index (κ3) is 4.79. The first-order valence-corrected chi connectivity index (χ1v) is 9.49. The summed E-state index contributed by atoms with van der Waals surface area (Å²) in [6.45, 7) is 2.85. The average molecular weight is 411 g/mol. The molecular formula is C20H19ClN6O2. The molecule has 0 unspecified atom stereocenters. The van der Waals surface area contributed by atoms with Crippen molar-refractivity contribution in [2.75, 3.05) is 41.8 Å². The van der Waals surface area contributed by atoms with E-state index in [1.807, 2.05) is 12.1 Å². The molecular weight excluding hydrogens is 392 g/mol. The van der Waals surface area contributed by atoms with Crippen LogP contribution in [0.3, 0.4) is 0 Å². The van der Waals surface area contributed by atoms with E-state index >= 15 is 0 Å². The molecule has 2 aromatic heterocycles. The van der Waals surface area contributed by atoms with Crippen LogP contribution in [0.25, 0.3) is 0 Å². The quantitative estimate of drug-likeness (QED) is 0.666. The lowest BCUT2D eigenvalue weighted by Crippen LogP contribution is -2.36. The number of amides is 1. The zero-order valence-corrected chi connectivity index (χ0v) is 16.3. The van der Waals surface area contributed by atoms with Gasteiger partial charge >= 0.3 is 0 Å². The maximum Gasteiger partial charge on any atom is 0.275 e. The molecule has 4 rings (SSSR count). The molecule has 0 atom stereocenters. The van der Waals surface area contributed by atoms with Crippen molar-refractivity contribution in [1.82, 2.24) is 15.0 Å². The summed E-state index contributed by atoms with van der Waals surface area (Å²) in [6.07, 6.45) is 6.33. The molecule has 0 saturated carbocycles. The first-order valence-electron chi connectivity index (χ1n) is 9.12. The SMILES string of the molecule is O=C(Nc1ccncc1Nc1ccc(Cl)cc1)c1cnc(N2CCOCC2)cn1. The number of morpholine rings is 1. The van der Waals surface area contributed by atoms with Crippen molar-refractivity contribution >= 4 is 40.4 Å². The molecule has 1 aromatic carbocycles. The number of nitrogens with zero attached hydrogens (tertiary/aromatic N) is 4. The summed E-state index contributed by atoms with van der Waals surface area (Å²) in [5, 5.41) is 6.72.